The van der Waals surface area contributed by atoms with Gasteiger partial charge in [0.2, 0.25) is 0 Å². The van der Waals surface area contributed by atoms with Crippen LogP contribution in [0.3, 0.4) is 0 Å². The molecule has 0 N–H and O–H groups in total. The Morgan fingerprint density at radius 2 is 0.796 bits per heavy atom. The van der Waals surface area contributed by atoms with Gasteiger partial charge in [-0.2, -0.15) is 0 Å². The summed E-state index contributed by atoms with van der Waals surface area (Å²) >= 11 is 1.80. The van der Waals surface area contributed by atoms with E-state index in [0.717, 1.165) is 16.7 Å². The van der Waals surface area contributed by atoms with E-state index in [9.17, 15) is 0 Å². The van der Waals surface area contributed by atoms with Gasteiger partial charge in [0, 0.05) is 36.9 Å². The van der Waals surface area contributed by atoms with Crippen LogP contribution in [-0.2, 0) is 0 Å². The molecule has 2 heterocycles. The Bertz CT molecular complexity index is 2780. The van der Waals surface area contributed by atoms with Gasteiger partial charge >= 0.3 is 0 Å². The van der Waals surface area contributed by atoms with Crippen molar-refractivity contribution in [3.63, 3.8) is 0 Å². The van der Waals surface area contributed by atoms with Crippen LogP contribution in [0.5, 0.6) is 0 Å². The third-order valence-corrected chi connectivity index (χ3v) is 10.7. The molecule has 4 heteroatoms. The first-order chi connectivity index (χ1) is 24.3. The molecular formula is C45H27N3S. The standard InChI is InChI=1S/C45H27N3S/c1-3-13-28(14-4-1)43-46-44(29-15-5-2-6-16-29)48-45(47-43)38-26-25-31(41-37-21-11-12-22-40(37)49-42(38)41)30-23-24-36-34-19-8-7-17-32(34)33-18-9-10-20-35(33)39(36)27-30/h1-27H. The van der Waals surface area contributed by atoms with E-state index in [4.69, 9.17) is 15.0 Å². The summed E-state index contributed by atoms with van der Waals surface area (Å²) in [5, 5.41) is 10.1. The highest BCUT2D eigenvalue weighted by atomic mass is 32.1. The SMILES string of the molecule is c1ccc(-c2nc(-c3ccccc3)nc(-c3ccc(-c4ccc5c6ccccc6c6ccccc6c5c4)c4c3sc3ccccc34)n2)cc1. The van der Waals surface area contributed by atoms with Gasteiger partial charge in [-0.1, -0.05) is 146 Å². The largest absolute Gasteiger partial charge is 0.208 e. The molecular weight excluding hydrogens is 615 g/mol. The quantitative estimate of drug-likeness (QED) is 0.180. The molecule has 3 nitrogen and oxygen atoms in total. The molecule has 0 bridgehead atoms. The molecule has 0 saturated heterocycles. The fourth-order valence-corrected chi connectivity index (χ4v) is 8.49. The van der Waals surface area contributed by atoms with Crippen LogP contribution in [0.2, 0.25) is 0 Å². The average molecular weight is 642 g/mol. The zero-order valence-corrected chi connectivity index (χ0v) is 27.2. The first kappa shape index (κ1) is 27.8. The fourth-order valence-electron chi connectivity index (χ4n) is 7.25. The van der Waals surface area contributed by atoms with Crippen molar-refractivity contribution in [1.82, 2.24) is 15.0 Å². The van der Waals surface area contributed by atoms with Gasteiger partial charge in [-0.3, -0.25) is 0 Å². The second-order valence-electron chi connectivity index (χ2n) is 12.4. The van der Waals surface area contributed by atoms with Crippen molar-refractivity contribution < 1.29 is 0 Å². The molecule has 0 unspecified atom stereocenters. The molecule has 0 atom stereocenters. The van der Waals surface area contributed by atoms with Crippen LogP contribution in [-0.4, -0.2) is 15.0 Å². The minimum Gasteiger partial charge on any atom is -0.208 e. The maximum atomic E-state index is 5.11. The van der Waals surface area contributed by atoms with Crippen LogP contribution in [0.1, 0.15) is 0 Å². The smallest absolute Gasteiger partial charge is 0.165 e. The molecule has 228 valence electrons. The van der Waals surface area contributed by atoms with Crippen molar-refractivity contribution in [3.8, 4) is 45.3 Å². The maximum Gasteiger partial charge on any atom is 0.165 e. The van der Waals surface area contributed by atoms with Crippen molar-refractivity contribution in [2.24, 2.45) is 0 Å². The molecule has 2 aromatic heterocycles. The summed E-state index contributed by atoms with van der Waals surface area (Å²) < 4.78 is 2.41. The minimum absolute atomic E-state index is 0.663. The third-order valence-electron chi connectivity index (χ3n) is 9.52. The van der Waals surface area contributed by atoms with Crippen molar-refractivity contribution in [2.45, 2.75) is 0 Å². The first-order valence-electron chi connectivity index (χ1n) is 16.5. The highest BCUT2D eigenvalue weighted by molar-refractivity contribution is 7.26. The number of nitrogens with zero attached hydrogens (tertiary/aromatic N) is 3. The summed E-state index contributed by atoms with van der Waals surface area (Å²) in [7, 11) is 0. The van der Waals surface area contributed by atoms with E-state index in [-0.39, 0.29) is 0 Å². The summed E-state index contributed by atoms with van der Waals surface area (Å²) in [4.78, 5) is 15.2. The lowest BCUT2D eigenvalue weighted by molar-refractivity contribution is 1.08. The zero-order chi connectivity index (χ0) is 32.3. The molecule has 0 amide bonds. The molecule has 8 aromatic carbocycles. The highest BCUT2D eigenvalue weighted by Gasteiger charge is 2.20. The highest BCUT2D eigenvalue weighted by Crippen LogP contribution is 2.46. The Morgan fingerprint density at radius 1 is 0.327 bits per heavy atom. The van der Waals surface area contributed by atoms with Gasteiger partial charge in [0.25, 0.3) is 0 Å². The van der Waals surface area contributed by atoms with Crippen LogP contribution >= 0.6 is 11.3 Å². The topological polar surface area (TPSA) is 38.7 Å². The Kier molecular flexibility index (Phi) is 6.36. The predicted octanol–water partition coefficient (Wildman–Crippen LogP) is 12.4. The molecule has 0 saturated carbocycles. The van der Waals surface area contributed by atoms with E-state index in [0.29, 0.717) is 17.5 Å². The fraction of sp³-hybridized carbons (Fsp3) is 0. The van der Waals surface area contributed by atoms with Crippen molar-refractivity contribution >= 4 is 63.8 Å². The number of thiophene rings is 1. The number of benzene rings is 8. The zero-order valence-electron chi connectivity index (χ0n) is 26.3. The number of fused-ring (bicyclic) bond motifs is 9. The van der Waals surface area contributed by atoms with E-state index in [1.165, 1.54) is 63.6 Å². The molecule has 10 rings (SSSR count). The second-order valence-corrected chi connectivity index (χ2v) is 13.4. The van der Waals surface area contributed by atoms with Crippen LogP contribution in [0.15, 0.2) is 164 Å². The Labute approximate surface area is 286 Å². The molecule has 10 aromatic rings. The molecule has 0 aliphatic heterocycles. The van der Waals surface area contributed by atoms with Crippen LogP contribution in [0.25, 0.3) is 97.8 Å². The van der Waals surface area contributed by atoms with Gasteiger partial charge in [0.15, 0.2) is 17.5 Å². The van der Waals surface area contributed by atoms with Gasteiger partial charge in [0.05, 0.1) is 0 Å². The van der Waals surface area contributed by atoms with E-state index in [2.05, 4.69) is 127 Å². The van der Waals surface area contributed by atoms with Crippen LogP contribution in [0.4, 0.5) is 0 Å². The lowest BCUT2D eigenvalue weighted by Gasteiger charge is -2.14. The normalized spacial score (nSPS) is 11.7. The summed E-state index contributed by atoms with van der Waals surface area (Å²) in [6.45, 7) is 0. The summed E-state index contributed by atoms with van der Waals surface area (Å²) in [5.74, 6) is 2.00. The second kappa shape index (κ2) is 11.2. The van der Waals surface area contributed by atoms with Gasteiger partial charge in [-0.15, -0.1) is 11.3 Å². The minimum atomic E-state index is 0.663. The monoisotopic (exact) mass is 641 g/mol. The third kappa shape index (κ3) is 4.53. The van der Waals surface area contributed by atoms with E-state index in [1.807, 2.05) is 36.4 Å². The molecule has 0 aliphatic rings. The van der Waals surface area contributed by atoms with Gasteiger partial charge in [-0.25, -0.2) is 15.0 Å². The van der Waals surface area contributed by atoms with Crippen LogP contribution in [0, 0.1) is 0 Å². The Balaban J connectivity index is 1.24. The molecule has 0 radical (unpaired) electrons. The number of hydrogen-bond donors (Lipinski definition) is 0. The van der Waals surface area contributed by atoms with Crippen molar-refractivity contribution in [3.05, 3.63) is 164 Å². The lowest BCUT2D eigenvalue weighted by Crippen LogP contribution is -2.00. The maximum absolute atomic E-state index is 5.11. The first-order valence-corrected chi connectivity index (χ1v) is 17.3. The van der Waals surface area contributed by atoms with E-state index >= 15 is 0 Å². The molecule has 0 aliphatic carbocycles. The van der Waals surface area contributed by atoms with Crippen molar-refractivity contribution in [2.75, 3.05) is 0 Å². The van der Waals surface area contributed by atoms with Crippen molar-refractivity contribution in [1.29, 1.82) is 0 Å². The van der Waals surface area contributed by atoms with Gasteiger partial charge in [0.1, 0.15) is 0 Å². The van der Waals surface area contributed by atoms with Crippen LogP contribution < -0.4 is 0 Å². The van der Waals surface area contributed by atoms with Gasteiger partial charge in [-0.05, 0) is 61.6 Å². The molecule has 49 heavy (non-hydrogen) atoms. The average Bonchev–Trinajstić information content (AvgIpc) is 3.58. The summed E-state index contributed by atoms with van der Waals surface area (Å²) in [6, 6.07) is 58.0. The lowest BCUT2D eigenvalue weighted by atomic mass is 9.90. The number of hydrogen-bond acceptors (Lipinski definition) is 4. The van der Waals surface area contributed by atoms with E-state index < -0.39 is 0 Å². The van der Waals surface area contributed by atoms with Gasteiger partial charge < -0.3 is 0 Å². The predicted molar refractivity (Wildman–Crippen MR) is 207 cm³/mol. The summed E-state index contributed by atoms with van der Waals surface area (Å²) in [5.41, 5.74) is 5.33. The molecule has 0 spiro atoms. The Hall–Kier alpha value is -6.23. The Morgan fingerprint density at radius 3 is 1.41 bits per heavy atom. The van der Waals surface area contributed by atoms with E-state index in [1.54, 1.807) is 11.3 Å². The number of rotatable bonds is 4. The molecule has 0 fully saturated rings. The summed E-state index contributed by atoms with van der Waals surface area (Å²) in [6.07, 6.45) is 0. The number of aromatic nitrogens is 3.